The van der Waals surface area contributed by atoms with Crippen LogP contribution in [0.4, 0.5) is 4.79 Å². The summed E-state index contributed by atoms with van der Waals surface area (Å²) >= 11 is 17.2. The van der Waals surface area contributed by atoms with Crippen LogP contribution in [0, 0.1) is 5.41 Å². The first kappa shape index (κ1) is 30.4. The number of esters is 3. The number of amides is 1. The SMILES string of the molecule is CC(=O)OC[C@H]1O[C@H](OC(=N)C(Cl)(Cl)Cl)[C@H](NC(=O)OCc2ccccc2)[C@@H](OC(C)=O)[C@@H]1OC(C)=O. The van der Waals surface area contributed by atoms with E-state index in [4.69, 9.17) is 68.6 Å². The van der Waals surface area contributed by atoms with Gasteiger partial charge in [0, 0.05) is 20.8 Å². The van der Waals surface area contributed by atoms with Gasteiger partial charge in [-0.3, -0.25) is 19.8 Å². The second kappa shape index (κ2) is 13.7. The molecule has 1 saturated heterocycles. The third kappa shape index (κ3) is 9.88. The standard InChI is InChI=1S/C22H25Cl3N2O10/c1-11(28)32-10-15-17(34-12(2)29)18(35-13(3)30)16(19(36-15)37-20(26)22(23,24)25)27-21(31)33-9-14-7-5-4-6-8-14/h4-8,15-19,26H,9-10H2,1-3H3,(H,27,31)/t15-,16-,17-,18-,19-/m1/s1. The molecule has 0 saturated carbocycles. The molecule has 1 amide bonds. The average Bonchev–Trinajstić information content (AvgIpc) is 2.79. The summed E-state index contributed by atoms with van der Waals surface area (Å²) < 4.78 is 29.6. The molecule has 12 nitrogen and oxygen atoms in total. The fraction of sp³-hybridized carbons (Fsp3) is 0.500. The molecule has 0 aromatic heterocycles. The van der Waals surface area contributed by atoms with Crippen LogP contribution >= 0.6 is 34.8 Å². The van der Waals surface area contributed by atoms with Crippen molar-refractivity contribution in [2.24, 2.45) is 0 Å². The van der Waals surface area contributed by atoms with Crippen LogP contribution in [0.1, 0.15) is 26.3 Å². The largest absolute Gasteiger partial charge is 0.463 e. The highest BCUT2D eigenvalue weighted by atomic mass is 35.6. The topological polar surface area (TPSA) is 160 Å². The van der Waals surface area contributed by atoms with Crippen molar-refractivity contribution in [2.75, 3.05) is 6.61 Å². The Morgan fingerprint density at radius 3 is 2.05 bits per heavy atom. The highest BCUT2D eigenvalue weighted by Gasteiger charge is 2.53. The Labute approximate surface area is 227 Å². The van der Waals surface area contributed by atoms with Gasteiger partial charge in [0.2, 0.25) is 12.2 Å². The Bertz CT molecular complexity index is 989. The van der Waals surface area contributed by atoms with E-state index in [0.29, 0.717) is 5.56 Å². The van der Waals surface area contributed by atoms with Crippen molar-refractivity contribution in [1.82, 2.24) is 5.32 Å². The van der Waals surface area contributed by atoms with Gasteiger partial charge in [0.15, 0.2) is 12.2 Å². The van der Waals surface area contributed by atoms with Crippen molar-refractivity contribution in [3.05, 3.63) is 35.9 Å². The van der Waals surface area contributed by atoms with Gasteiger partial charge in [-0.25, -0.2) is 4.79 Å². The molecule has 1 aromatic carbocycles. The van der Waals surface area contributed by atoms with Gasteiger partial charge < -0.3 is 33.7 Å². The van der Waals surface area contributed by atoms with Crippen molar-refractivity contribution >= 4 is 64.7 Å². The Morgan fingerprint density at radius 1 is 0.919 bits per heavy atom. The number of hydrogen-bond donors (Lipinski definition) is 2. The van der Waals surface area contributed by atoms with Gasteiger partial charge in [-0.2, -0.15) is 0 Å². The zero-order chi connectivity index (χ0) is 27.8. The van der Waals surface area contributed by atoms with Gasteiger partial charge in [-0.15, -0.1) is 0 Å². The lowest BCUT2D eigenvalue weighted by atomic mass is 9.96. The molecule has 0 radical (unpaired) electrons. The monoisotopic (exact) mass is 582 g/mol. The number of rotatable bonds is 8. The summed E-state index contributed by atoms with van der Waals surface area (Å²) in [5, 5.41) is 10.4. The summed E-state index contributed by atoms with van der Waals surface area (Å²) in [5.41, 5.74) is 0.680. The fourth-order valence-electron chi connectivity index (χ4n) is 3.24. The predicted molar refractivity (Wildman–Crippen MR) is 129 cm³/mol. The van der Waals surface area contributed by atoms with Gasteiger partial charge in [-0.1, -0.05) is 65.1 Å². The van der Waals surface area contributed by atoms with E-state index in [2.05, 4.69) is 5.32 Å². The average molecular weight is 584 g/mol. The first-order valence-corrected chi connectivity index (χ1v) is 11.8. The van der Waals surface area contributed by atoms with E-state index >= 15 is 0 Å². The van der Waals surface area contributed by atoms with Crippen molar-refractivity contribution in [2.45, 2.75) is 61.8 Å². The Hall–Kier alpha value is -2.80. The summed E-state index contributed by atoms with van der Waals surface area (Å²) in [6.45, 7) is 2.71. The maximum absolute atomic E-state index is 12.7. The van der Waals surface area contributed by atoms with E-state index in [1.165, 1.54) is 0 Å². The number of benzene rings is 1. The third-order valence-electron chi connectivity index (χ3n) is 4.69. The molecule has 0 spiro atoms. The Balaban J connectivity index is 2.39. The van der Waals surface area contributed by atoms with Crippen LogP contribution < -0.4 is 5.32 Å². The number of alkyl carbamates (subject to hydrolysis) is 1. The smallest absolute Gasteiger partial charge is 0.408 e. The van der Waals surface area contributed by atoms with Crippen molar-refractivity contribution in [3.63, 3.8) is 0 Å². The molecule has 5 atom stereocenters. The quantitative estimate of drug-likeness (QED) is 0.153. The highest BCUT2D eigenvalue weighted by molar-refractivity contribution is 6.76. The number of halogens is 3. The highest BCUT2D eigenvalue weighted by Crippen LogP contribution is 2.32. The molecule has 0 unspecified atom stereocenters. The number of ether oxygens (including phenoxy) is 6. The number of carbonyl (C=O) groups is 4. The predicted octanol–water partition coefficient (Wildman–Crippen LogP) is 2.80. The Morgan fingerprint density at radius 2 is 1.51 bits per heavy atom. The van der Waals surface area contributed by atoms with Crippen molar-refractivity contribution in [1.29, 1.82) is 5.41 Å². The second-order valence-corrected chi connectivity index (χ2v) is 9.95. The van der Waals surface area contributed by atoms with E-state index in [-0.39, 0.29) is 6.61 Å². The number of nitrogens with one attached hydrogen (secondary N) is 2. The van der Waals surface area contributed by atoms with Crippen LogP contribution in [-0.2, 0) is 49.4 Å². The van der Waals surface area contributed by atoms with Crippen molar-refractivity contribution < 1.29 is 47.6 Å². The van der Waals surface area contributed by atoms with E-state index < -0.39 is 70.9 Å². The lowest BCUT2D eigenvalue weighted by Crippen LogP contribution is -2.67. The molecule has 1 aliphatic heterocycles. The molecule has 1 aliphatic rings. The van der Waals surface area contributed by atoms with Crippen LogP contribution in [-0.4, -0.2) is 70.9 Å². The molecule has 0 aliphatic carbocycles. The second-order valence-electron chi connectivity index (χ2n) is 7.67. The number of alkyl halides is 3. The maximum Gasteiger partial charge on any atom is 0.408 e. The van der Waals surface area contributed by atoms with E-state index in [9.17, 15) is 19.2 Å². The van der Waals surface area contributed by atoms with E-state index in [0.717, 1.165) is 20.8 Å². The lowest BCUT2D eigenvalue weighted by Gasteiger charge is -2.44. The van der Waals surface area contributed by atoms with Crippen LogP contribution in [0.2, 0.25) is 0 Å². The Kier molecular flexibility index (Phi) is 11.2. The normalized spacial score (nSPS) is 23.2. The summed E-state index contributed by atoms with van der Waals surface area (Å²) in [4.78, 5) is 47.9. The third-order valence-corrected chi connectivity index (χ3v) is 5.20. The number of hydrogen-bond acceptors (Lipinski definition) is 11. The van der Waals surface area contributed by atoms with Crippen LogP contribution in [0.5, 0.6) is 0 Å². The lowest BCUT2D eigenvalue weighted by molar-refractivity contribution is -0.260. The minimum atomic E-state index is -2.32. The summed E-state index contributed by atoms with van der Waals surface area (Å²) in [7, 11) is 0. The van der Waals surface area contributed by atoms with Gasteiger partial charge in [-0.05, 0) is 5.56 Å². The van der Waals surface area contributed by atoms with Gasteiger partial charge >= 0.3 is 24.0 Å². The summed E-state index contributed by atoms with van der Waals surface area (Å²) in [6.07, 6.45) is -6.77. The van der Waals surface area contributed by atoms with E-state index in [1.807, 2.05) is 0 Å². The molecular formula is C22H25Cl3N2O10. The summed E-state index contributed by atoms with van der Waals surface area (Å²) in [6, 6.07) is 7.29. The van der Waals surface area contributed by atoms with Crippen molar-refractivity contribution in [3.8, 4) is 0 Å². The molecule has 2 N–H and O–H groups in total. The molecule has 0 bridgehead atoms. The maximum atomic E-state index is 12.7. The van der Waals surface area contributed by atoms with Gasteiger partial charge in [0.05, 0.1) is 0 Å². The van der Waals surface area contributed by atoms with Crippen LogP contribution in [0.3, 0.4) is 0 Å². The molecule has 2 rings (SSSR count). The van der Waals surface area contributed by atoms with Crippen LogP contribution in [0.25, 0.3) is 0 Å². The zero-order valence-corrected chi connectivity index (χ0v) is 22.2. The zero-order valence-electron chi connectivity index (χ0n) is 19.9. The summed E-state index contributed by atoms with van der Waals surface area (Å²) in [5.74, 6) is -3.21. The van der Waals surface area contributed by atoms with E-state index in [1.54, 1.807) is 30.3 Å². The molecule has 204 valence electrons. The van der Waals surface area contributed by atoms with Gasteiger partial charge in [0.25, 0.3) is 3.79 Å². The molecular weight excluding hydrogens is 559 g/mol. The van der Waals surface area contributed by atoms with Gasteiger partial charge in [0.1, 0.15) is 25.4 Å². The first-order valence-electron chi connectivity index (χ1n) is 10.7. The number of carbonyl (C=O) groups excluding carboxylic acids is 4. The fourth-order valence-corrected chi connectivity index (χ4v) is 3.37. The molecule has 15 heteroatoms. The molecule has 1 heterocycles. The molecule has 37 heavy (non-hydrogen) atoms. The molecule has 1 fully saturated rings. The minimum absolute atomic E-state index is 0.115. The molecule has 1 aromatic rings. The minimum Gasteiger partial charge on any atom is -0.463 e. The van der Waals surface area contributed by atoms with Crippen LogP contribution in [0.15, 0.2) is 30.3 Å². The first-order chi connectivity index (χ1) is 17.3.